The normalized spacial score (nSPS) is 23.4. The Morgan fingerprint density at radius 3 is 2.79 bits per heavy atom. The molecular formula is C14H23N3O2. The van der Waals surface area contributed by atoms with Crippen molar-refractivity contribution in [2.45, 2.75) is 19.0 Å². The van der Waals surface area contributed by atoms with E-state index in [4.69, 9.17) is 5.73 Å². The molecule has 19 heavy (non-hydrogen) atoms. The molecule has 1 aromatic carbocycles. The van der Waals surface area contributed by atoms with Gasteiger partial charge in [0.25, 0.3) is 0 Å². The largest absolute Gasteiger partial charge is 0.508 e. The van der Waals surface area contributed by atoms with Gasteiger partial charge in [-0.2, -0.15) is 0 Å². The molecule has 5 nitrogen and oxygen atoms in total. The zero-order valence-corrected chi connectivity index (χ0v) is 11.6. The van der Waals surface area contributed by atoms with Crippen LogP contribution in [-0.2, 0) is 0 Å². The van der Waals surface area contributed by atoms with Crippen LogP contribution in [0.3, 0.4) is 0 Å². The van der Waals surface area contributed by atoms with Crippen molar-refractivity contribution in [1.29, 1.82) is 0 Å². The van der Waals surface area contributed by atoms with Gasteiger partial charge in [-0.15, -0.1) is 0 Å². The number of piperazine rings is 1. The summed E-state index contributed by atoms with van der Waals surface area (Å²) >= 11 is 0. The standard InChI is InChI=1S/C14H23N3O2/c1-10(13-7-12(18)3-4-14(13)19)17-6-5-16(2)9-11(17)8-15/h3-4,7,10-11,18-19H,5-6,8-9,15H2,1-2H3. The molecule has 2 atom stereocenters. The Balaban J connectivity index is 2.22. The predicted octanol–water partition coefficient (Wildman–Crippen LogP) is 0.733. The topological polar surface area (TPSA) is 73.0 Å². The van der Waals surface area contributed by atoms with E-state index in [9.17, 15) is 10.2 Å². The average Bonchev–Trinajstić information content (AvgIpc) is 2.40. The fourth-order valence-electron chi connectivity index (χ4n) is 2.80. The van der Waals surface area contributed by atoms with Crippen LogP contribution in [0.1, 0.15) is 18.5 Å². The first-order valence-corrected chi connectivity index (χ1v) is 6.69. The smallest absolute Gasteiger partial charge is 0.120 e. The first kappa shape index (κ1) is 14.1. The van der Waals surface area contributed by atoms with Crippen LogP contribution >= 0.6 is 0 Å². The molecule has 1 saturated heterocycles. The number of benzene rings is 1. The molecular weight excluding hydrogens is 242 g/mol. The third kappa shape index (κ3) is 3.00. The SMILES string of the molecule is CC(c1cc(O)ccc1O)N1CCN(C)CC1CN. The van der Waals surface area contributed by atoms with Crippen molar-refractivity contribution in [2.75, 3.05) is 33.2 Å². The van der Waals surface area contributed by atoms with Crippen LogP contribution < -0.4 is 5.73 Å². The summed E-state index contributed by atoms with van der Waals surface area (Å²) in [6.45, 7) is 5.46. The summed E-state index contributed by atoms with van der Waals surface area (Å²) in [5.41, 5.74) is 6.61. The number of phenols is 2. The van der Waals surface area contributed by atoms with Gasteiger partial charge in [0, 0.05) is 43.8 Å². The second-order valence-corrected chi connectivity index (χ2v) is 5.31. The van der Waals surface area contributed by atoms with Crippen molar-refractivity contribution in [2.24, 2.45) is 5.73 Å². The van der Waals surface area contributed by atoms with E-state index in [1.807, 2.05) is 6.92 Å². The van der Waals surface area contributed by atoms with Gasteiger partial charge in [-0.25, -0.2) is 0 Å². The Labute approximate surface area is 114 Å². The highest BCUT2D eigenvalue weighted by Crippen LogP contribution is 2.33. The number of hydrogen-bond acceptors (Lipinski definition) is 5. The highest BCUT2D eigenvalue weighted by atomic mass is 16.3. The maximum atomic E-state index is 9.97. The first-order valence-electron chi connectivity index (χ1n) is 6.69. The molecule has 5 heteroatoms. The van der Waals surface area contributed by atoms with Gasteiger partial charge in [0.15, 0.2) is 0 Å². The van der Waals surface area contributed by atoms with E-state index in [-0.39, 0.29) is 23.6 Å². The minimum absolute atomic E-state index is 0.0364. The van der Waals surface area contributed by atoms with Crippen molar-refractivity contribution >= 4 is 0 Å². The van der Waals surface area contributed by atoms with E-state index in [2.05, 4.69) is 16.8 Å². The molecule has 0 bridgehead atoms. The van der Waals surface area contributed by atoms with Gasteiger partial charge in [0.2, 0.25) is 0 Å². The van der Waals surface area contributed by atoms with Crippen molar-refractivity contribution < 1.29 is 10.2 Å². The number of likely N-dealkylation sites (N-methyl/N-ethyl adjacent to an activating group) is 1. The summed E-state index contributed by atoms with van der Waals surface area (Å²) in [7, 11) is 2.09. The average molecular weight is 265 g/mol. The van der Waals surface area contributed by atoms with Gasteiger partial charge >= 0.3 is 0 Å². The Kier molecular flexibility index (Phi) is 4.29. The highest BCUT2D eigenvalue weighted by Gasteiger charge is 2.29. The lowest BCUT2D eigenvalue weighted by Gasteiger charge is -2.43. The number of hydrogen-bond donors (Lipinski definition) is 3. The molecule has 0 aromatic heterocycles. The Morgan fingerprint density at radius 1 is 1.37 bits per heavy atom. The van der Waals surface area contributed by atoms with Crippen LogP contribution in [0.2, 0.25) is 0 Å². The van der Waals surface area contributed by atoms with E-state index in [1.54, 1.807) is 6.07 Å². The van der Waals surface area contributed by atoms with Crippen LogP contribution in [0.15, 0.2) is 18.2 Å². The quantitative estimate of drug-likeness (QED) is 0.703. The van der Waals surface area contributed by atoms with E-state index >= 15 is 0 Å². The number of phenolic OH excluding ortho intramolecular Hbond substituents is 2. The van der Waals surface area contributed by atoms with Crippen molar-refractivity contribution in [1.82, 2.24) is 9.80 Å². The molecule has 1 aliphatic rings. The van der Waals surface area contributed by atoms with Crippen LogP contribution in [0.25, 0.3) is 0 Å². The zero-order valence-electron chi connectivity index (χ0n) is 11.6. The second kappa shape index (κ2) is 5.77. The Morgan fingerprint density at radius 2 is 2.11 bits per heavy atom. The van der Waals surface area contributed by atoms with Gasteiger partial charge in [-0.3, -0.25) is 4.90 Å². The number of rotatable bonds is 3. The molecule has 0 saturated carbocycles. The lowest BCUT2D eigenvalue weighted by Crippen LogP contribution is -2.55. The van der Waals surface area contributed by atoms with Gasteiger partial charge in [0.1, 0.15) is 11.5 Å². The maximum absolute atomic E-state index is 9.97. The molecule has 1 fully saturated rings. The molecule has 1 heterocycles. The molecule has 2 unspecified atom stereocenters. The van der Waals surface area contributed by atoms with E-state index in [0.717, 1.165) is 25.2 Å². The number of nitrogens with zero attached hydrogens (tertiary/aromatic N) is 2. The van der Waals surface area contributed by atoms with Gasteiger partial charge in [0.05, 0.1) is 0 Å². The fourth-order valence-corrected chi connectivity index (χ4v) is 2.80. The maximum Gasteiger partial charge on any atom is 0.120 e. The Hall–Kier alpha value is -1.30. The minimum atomic E-state index is 0.0364. The summed E-state index contributed by atoms with van der Waals surface area (Å²) in [6, 6.07) is 4.97. The fraction of sp³-hybridized carbons (Fsp3) is 0.571. The van der Waals surface area contributed by atoms with Crippen LogP contribution in [0.4, 0.5) is 0 Å². The van der Waals surface area contributed by atoms with E-state index in [0.29, 0.717) is 6.54 Å². The van der Waals surface area contributed by atoms with Crippen LogP contribution in [-0.4, -0.2) is 59.3 Å². The first-order chi connectivity index (χ1) is 9.02. The molecule has 0 radical (unpaired) electrons. The summed E-state index contributed by atoms with van der Waals surface area (Å²) < 4.78 is 0. The lowest BCUT2D eigenvalue weighted by molar-refractivity contribution is 0.0612. The Bertz CT molecular complexity index is 439. The highest BCUT2D eigenvalue weighted by molar-refractivity contribution is 5.40. The van der Waals surface area contributed by atoms with Crippen LogP contribution in [0.5, 0.6) is 11.5 Å². The zero-order chi connectivity index (χ0) is 14.0. The van der Waals surface area contributed by atoms with Gasteiger partial charge in [-0.1, -0.05) is 0 Å². The van der Waals surface area contributed by atoms with E-state index in [1.165, 1.54) is 12.1 Å². The van der Waals surface area contributed by atoms with Crippen molar-refractivity contribution in [3.8, 4) is 11.5 Å². The molecule has 1 aromatic rings. The van der Waals surface area contributed by atoms with Gasteiger partial charge in [-0.05, 0) is 32.2 Å². The lowest BCUT2D eigenvalue weighted by atomic mass is 10.0. The van der Waals surface area contributed by atoms with Crippen molar-refractivity contribution in [3.63, 3.8) is 0 Å². The molecule has 4 N–H and O–H groups in total. The number of nitrogens with two attached hydrogens (primary N) is 1. The summed E-state index contributed by atoms with van der Waals surface area (Å²) in [5.74, 6) is 0.401. The molecule has 0 amide bonds. The summed E-state index contributed by atoms with van der Waals surface area (Å²) in [6.07, 6.45) is 0. The molecule has 1 aliphatic heterocycles. The molecule has 106 valence electrons. The minimum Gasteiger partial charge on any atom is -0.508 e. The second-order valence-electron chi connectivity index (χ2n) is 5.31. The molecule has 0 spiro atoms. The molecule has 0 aliphatic carbocycles. The summed E-state index contributed by atoms with van der Waals surface area (Å²) in [4.78, 5) is 4.57. The molecule has 2 rings (SSSR count). The summed E-state index contributed by atoms with van der Waals surface area (Å²) in [5, 5.41) is 19.6. The number of aromatic hydroxyl groups is 2. The van der Waals surface area contributed by atoms with Gasteiger partial charge < -0.3 is 20.8 Å². The van der Waals surface area contributed by atoms with Crippen molar-refractivity contribution in [3.05, 3.63) is 23.8 Å². The third-order valence-corrected chi connectivity index (χ3v) is 3.96. The van der Waals surface area contributed by atoms with E-state index < -0.39 is 0 Å². The predicted molar refractivity (Wildman–Crippen MR) is 75.2 cm³/mol. The third-order valence-electron chi connectivity index (χ3n) is 3.96. The van der Waals surface area contributed by atoms with Crippen LogP contribution in [0, 0.1) is 0 Å². The monoisotopic (exact) mass is 265 g/mol.